The number of carbonyl (C=O) groups is 1. The first-order valence-electron chi connectivity index (χ1n) is 8.46. The lowest BCUT2D eigenvalue weighted by molar-refractivity contribution is 0.0528. The maximum Gasteiger partial charge on any atom is 0.339 e. The van der Waals surface area contributed by atoms with Crippen LogP contribution in [-0.2, 0) is 4.74 Å². The molecule has 0 aliphatic heterocycles. The van der Waals surface area contributed by atoms with E-state index in [2.05, 4.69) is 5.10 Å². The van der Waals surface area contributed by atoms with Crippen molar-refractivity contribution in [2.24, 2.45) is 0 Å². The normalized spacial score (nSPS) is 11.1. The zero-order valence-corrected chi connectivity index (χ0v) is 15.5. The van der Waals surface area contributed by atoms with E-state index in [0.29, 0.717) is 44.5 Å². The van der Waals surface area contributed by atoms with Crippen LogP contribution in [0.25, 0.3) is 28.2 Å². The molecule has 0 bridgehead atoms. The van der Waals surface area contributed by atoms with Crippen LogP contribution in [0.4, 0.5) is 0 Å². The fourth-order valence-corrected chi connectivity index (χ4v) is 3.22. The highest BCUT2D eigenvalue weighted by Gasteiger charge is 2.22. The van der Waals surface area contributed by atoms with Gasteiger partial charge in [0.15, 0.2) is 11.4 Å². The second-order valence-electron chi connectivity index (χ2n) is 5.90. The lowest BCUT2D eigenvalue weighted by Crippen LogP contribution is -2.07. The largest absolute Gasteiger partial charge is 0.463 e. The number of halogens is 1. The predicted octanol–water partition coefficient (Wildman–Crippen LogP) is 4.82. The number of fused-ring (bicyclic) bond motifs is 1. The summed E-state index contributed by atoms with van der Waals surface area (Å²) in [6, 6.07) is 12.6. The average Bonchev–Trinajstić information content (AvgIpc) is 3.30. The van der Waals surface area contributed by atoms with Gasteiger partial charge in [-0.2, -0.15) is 5.10 Å². The third kappa shape index (κ3) is 2.98. The Balaban J connectivity index is 2.05. The Hall–Kier alpha value is -3.12. The highest BCUT2D eigenvalue weighted by Crippen LogP contribution is 2.31. The number of furan rings is 1. The Kier molecular flexibility index (Phi) is 4.41. The fourth-order valence-electron chi connectivity index (χ4n) is 3.00. The first kappa shape index (κ1) is 17.3. The molecular formula is C20H16ClN3O3. The number of aromatic nitrogens is 3. The van der Waals surface area contributed by atoms with Gasteiger partial charge in [0.2, 0.25) is 0 Å². The summed E-state index contributed by atoms with van der Waals surface area (Å²) in [5.74, 6) is 0.117. The number of rotatable bonds is 4. The van der Waals surface area contributed by atoms with Gasteiger partial charge in [-0.15, -0.1) is 0 Å². The first-order chi connectivity index (χ1) is 13.1. The van der Waals surface area contributed by atoms with Crippen molar-refractivity contribution in [2.75, 3.05) is 6.61 Å². The van der Waals surface area contributed by atoms with Crippen molar-refractivity contribution in [2.45, 2.75) is 13.8 Å². The van der Waals surface area contributed by atoms with Crippen LogP contribution in [0, 0.1) is 6.92 Å². The monoisotopic (exact) mass is 381 g/mol. The minimum absolute atomic E-state index is 0.274. The van der Waals surface area contributed by atoms with Crippen LogP contribution in [0.15, 0.2) is 53.1 Å². The molecule has 0 aliphatic carbocycles. The number of benzene rings is 1. The van der Waals surface area contributed by atoms with Crippen molar-refractivity contribution in [3.63, 3.8) is 0 Å². The lowest BCUT2D eigenvalue weighted by atomic mass is 10.1. The second kappa shape index (κ2) is 6.89. The van der Waals surface area contributed by atoms with Crippen molar-refractivity contribution >= 4 is 28.6 Å². The molecular weight excluding hydrogens is 366 g/mol. The highest BCUT2D eigenvalue weighted by molar-refractivity contribution is 6.32. The summed E-state index contributed by atoms with van der Waals surface area (Å²) >= 11 is 6.36. The SMILES string of the molecule is CCOC(=O)c1cc(-c2ccco2)nc2c1c(C)nn2-c1ccccc1Cl. The molecule has 0 fully saturated rings. The number of hydrogen-bond donors (Lipinski definition) is 0. The van der Waals surface area contributed by atoms with E-state index in [1.807, 2.05) is 25.1 Å². The number of hydrogen-bond acceptors (Lipinski definition) is 5. The zero-order chi connectivity index (χ0) is 19.0. The van der Waals surface area contributed by atoms with E-state index in [-0.39, 0.29) is 6.61 Å². The van der Waals surface area contributed by atoms with Gasteiger partial charge in [0, 0.05) is 0 Å². The zero-order valence-electron chi connectivity index (χ0n) is 14.8. The summed E-state index contributed by atoms with van der Waals surface area (Å²) < 4.78 is 12.4. The smallest absolute Gasteiger partial charge is 0.339 e. The van der Waals surface area contributed by atoms with Crippen molar-refractivity contribution in [1.29, 1.82) is 0 Å². The van der Waals surface area contributed by atoms with Gasteiger partial charge in [0.1, 0.15) is 5.69 Å². The fraction of sp³-hybridized carbons (Fsp3) is 0.150. The van der Waals surface area contributed by atoms with Crippen LogP contribution in [0.5, 0.6) is 0 Å². The van der Waals surface area contributed by atoms with Crippen molar-refractivity contribution in [3.05, 3.63) is 65.0 Å². The number of aryl methyl sites for hydroxylation is 1. The van der Waals surface area contributed by atoms with Gasteiger partial charge in [-0.1, -0.05) is 23.7 Å². The molecule has 0 atom stereocenters. The quantitative estimate of drug-likeness (QED) is 0.474. The Labute approximate surface area is 160 Å². The van der Waals surface area contributed by atoms with Gasteiger partial charge >= 0.3 is 5.97 Å². The molecule has 4 rings (SSSR count). The predicted molar refractivity (Wildman–Crippen MR) is 102 cm³/mol. The maximum atomic E-state index is 12.6. The van der Waals surface area contributed by atoms with E-state index >= 15 is 0 Å². The molecule has 6 nitrogen and oxygen atoms in total. The molecule has 0 saturated carbocycles. The Morgan fingerprint density at radius 1 is 1.26 bits per heavy atom. The maximum absolute atomic E-state index is 12.6. The summed E-state index contributed by atoms with van der Waals surface area (Å²) in [5, 5.41) is 5.74. The van der Waals surface area contributed by atoms with Crippen LogP contribution in [-0.4, -0.2) is 27.3 Å². The van der Waals surface area contributed by atoms with Crippen LogP contribution in [0.1, 0.15) is 23.0 Å². The molecule has 27 heavy (non-hydrogen) atoms. The van der Waals surface area contributed by atoms with Gasteiger partial charge in [-0.25, -0.2) is 14.5 Å². The van der Waals surface area contributed by atoms with Gasteiger partial charge < -0.3 is 9.15 Å². The molecule has 0 aliphatic rings. The molecule has 0 N–H and O–H groups in total. The molecule has 3 heterocycles. The van der Waals surface area contributed by atoms with Crippen molar-refractivity contribution in [3.8, 4) is 17.1 Å². The number of pyridine rings is 1. The number of carbonyl (C=O) groups excluding carboxylic acids is 1. The van der Waals surface area contributed by atoms with E-state index in [1.54, 1.807) is 42.1 Å². The van der Waals surface area contributed by atoms with E-state index < -0.39 is 5.97 Å². The topological polar surface area (TPSA) is 70.2 Å². The summed E-state index contributed by atoms with van der Waals surface area (Å²) in [6.07, 6.45) is 1.56. The minimum Gasteiger partial charge on any atom is -0.463 e. The summed E-state index contributed by atoms with van der Waals surface area (Å²) in [6.45, 7) is 3.87. The summed E-state index contributed by atoms with van der Waals surface area (Å²) in [5.41, 5.74) is 2.76. The molecule has 0 unspecified atom stereocenters. The third-order valence-electron chi connectivity index (χ3n) is 4.16. The number of nitrogens with zero attached hydrogens (tertiary/aromatic N) is 3. The highest BCUT2D eigenvalue weighted by atomic mass is 35.5. The molecule has 7 heteroatoms. The molecule has 0 amide bonds. The van der Waals surface area contributed by atoms with Crippen LogP contribution in [0.3, 0.4) is 0 Å². The van der Waals surface area contributed by atoms with Gasteiger partial charge in [0.05, 0.1) is 40.2 Å². The number of para-hydroxylation sites is 1. The van der Waals surface area contributed by atoms with E-state index in [9.17, 15) is 4.79 Å². The molecule has 0 saturated heterocycles. The second-order valence-corrected chi connectivity index (χ2v) is 6.31. The van der Waals surface area contributed by atoms with Gasteiger partial charge in [-0.3, -0.25) is 0 Å². The van der Waals surface area contributed by atoms with Crippen LogP contribution in [0.2, 0.25) is 5.02 Å². The standard InChI is InChI=1S/C20H16ClN3O3/c1-3-26-20(25)13-11-15(17-9-6-10-27-17)22-19-18(13)12(2)23-24(19)16-8-5-4-7-14(16)21/h4-11H,3H2,1-2H3. The summed E-state index contributed by atoms with van der Waals surface area (Å²) in [4.78, 5) is 17.3. The Bertz CT molecular complexity index is 1130. The van der Waals surface area contributed by atoms with Crippen LogP contribution >= 0.6 is 11.6 Å². The van der Waals surface area contributed by atoms with E-state index in [0.717, 1.165) is 0 Å². The Morgan fingerprint density at radius 2 is 2.07 bits per heavy atom. The van der Waals surface area contributed by atoms with Crippen molar-refractivity contribution < 1.29 is 13.9 Å². The van der Waals surface area contributed by atoms with E-state index in [1.165, 1.54) is 0 Å². The lowest BCUT2D eigenvalue weighted by Gasteiger charge is -2.08. The minimum atomic E-state index is -0.431. The Morgan fingerprint density at radius 3 is 2.78 bits per heavy atom. The molecule has 0 radical (unpaired) electrons. The summed E-state index contributed by atoms with van der Waals surface area (Å²) in [7, 11) is 0. The molecule has 136 valence electrons. The average molecular weight is 382 g/mol. The third-order valence-corrected chi connectivity index (χ3v) is 4.48. The molecule has 0 spiro atoms. The van der Waals surface area contributed by atoms with Gasteiger partial charge in [-0.05, 0) is 44.2 Å². The number of esters is 1. The van der Waals surface area contributed by atoms with Gasteiger partial charge in [0.25, 0.3) is 0 Å². The van der Waals surface area contributed by atoms with Crippen molar-refractivity contribution in [1.82, 2.24) is 14.8 Å². The van der Waals surface area contributed by atoms with E-state index in [4.69, 9.17) is 25.7 Å². The molecule has 4 aromatic rings. The molecule has 1 aromatic carbocycles. The first-order valence-corrected chi connectivity index (χ1v) is 8.84. The van der Waals surface area contributed by atoms with Crippen LogP contribution < -0.4 is 0 Å². The molecule has 3 aromatic heterocycles. The number of ether oxygens (including phenoxy) is 1.